The molecule has 0 aliphatic rings. The van der Waals surface area contributed by atoms with Gasteiger partial charge in [0.05, 0.1) is 11.1 Å². The van der Waals surface area contributed by atoms with Gasteiger partial charge in [-0.05, 0) is 18.5 Å². The molecule has 0 amide bonds. The highest BCUT2D eigenvalue weighted by atomic mass is 16.6. The maximum absolute atomic E-state index is 10.5. The predicted octanol–water partition coefficient (Wildman–Crippen LogP) is 1.66. The Bertz CT molecular complexity index is 548. The van der Waals surface area contributed by atoms with Gasteiger partial charge < -0.3 is 5.32 Å². The number of benzene rings is 1. The fraction of sp³-hybridized carbons (Fsp3) is 0.308. The lowest BCUT2D eigenvalue weighted by Gasteiger charge is -2.03. The number of non-ortho nitro benzene ring substituents is 1. The molecule has 19 heavy (non-hydrogen) atoms. The number of aromatic nitrogens is 2. The van der Waals surface area contributed by atoms with Gasteiger partial charge in [-0.2, -0.15) is 5.10 Å². The highest BCUT2D eigenvalue weighted by Crippen LogP contribution is 2.11. The number of hydrogen-bond donors (Lipinski definition) is 1. The fourth-order valence-corrected chi connectivity index (χ4v) is 1.81. The number of rotatable bonds is 6. The molecule has 0 spiro atoms. The first-order valence-corrected chi connectivity index (χ1v) is 6.07. The Labute approximate surface area is 111 Å². The zero-order valence-corrected chi connectivity index (χ0v) is 10.7. The van der Waals surface area contributed by atoms with Gasteiger partial charge in [-0.15, -0.1) is 0 Å². The monoisotopic (exact) mass is 260 g/mol. The van der Waals surface area contributed by atoms with Crippen molar-refractivity contribution in [3.63, 3.8) is 0 Å². The van der Waals surface area contributed by atoms with E-state index >= 15 is 0 Å². The van der Waals surface area contributed by atoms with Crippen LogP contribution in [0.3, 0.4) is 0 Å². The lowest BCUT2D eigenvalue weighted by Crippen LogP contribution is -2.16. The van der Waals surface area contributed by atoms with Crippen LogP contribution < -0.4 is 5.32 Å². The number of nitro benzene ring substituents is 1. The lowest BCUT2D eigenvalue weighted by molar-refractivity contribution is -0.384. The van der Waals surface area contributed by atoms with E-state index in [1.807, 2.05) is 19.4 Å². The smallest absolute Gasteiger partial charge is 0.269 e. The standard InChI is InChI=1S/C13H16N4O2/c1-16-10-12(9-15-16)8-14-7-6-11-2-4-13(5-3-11)17(18)19/h2-5,9-10,14H,6-8H2,1H3. The third-order valence-corrected chi connectivity index (χ3v) is 2.83. The first-order chi connectivity index (χ1) is 9.15. The number of nitrogens with one attached hydrogen (secondary N) is 1. The van der Waals surface area contributed by atoms with E-state index in [0.717, 1.165) is 30.6 Å². The summed E-state index contributed by atoms with van der Waals surface area (Å²) in [6.07, 6.45) is 4.65. The van der Waals surface area contributed by atoms with Gasteiger partial charge in [0, 0.05) is 37.5 Å². The zero-order valence-electron chi connectivity index (χ0n) is 10.7. The molecule has 100 valence electrons. The molecule has 1 heterocycles. The summed E-state index contributed by atoms with van der Waals surface area (Å²) in [5.74, 6) is 0. The van der Waals surface area contributed by atoms with Gasteiger partial charge in [0.25, 0.3) is 5.69 Å². The van der Waals surface area contributed by atoms with Gasteiger partial charge in [-0.1, -0.05) is 12.1 Å². The van der Waals surface area contributed by atoms with Crippen molar-refractivity contribution in [1.82, 2.24) is 15.1 Å². The zero-order chi connectivity index (χ0) is 13.7. The van der Waals surface area contributed by atoms with Gasteiger partial charge in [-0.25, -0.2) is 0 Å². The molecule has 2 aromatic rings. The van der Waals surface area contributed by atoms with Crippen LogP contribution in [-0.2, 0) is 20.0 Å². The minimum Gasteiger partial charge on any atom is -0.312 e. The third kappa shape index (κ3) is 3.89. The maximum atomic E-state index is 10.5. The first-order valence-electron chi connectivity index (χ1n) is 6.07. The topological polar surface area (TPSA) is 73.0 Å². The molecule has 0 aliphatic heterocycles. The normalized spacial score (nSPS) is 10.6. The Balaban J connectivity index is 1.75. The van der Waals surface area contributed by atoms with Gasteiger partial charge in [0.1, 0.15) is 0 Å². The summed E-state index contributed by atoms with van der Waals surface area (Å²) in [5, 5.41) is 17.9. The summed E-state index contributed by atoms with van der Waals surface area (Å²) in [7, 11) is 1.89. The van der Waals surface area contributed by atoms with Crippen molar-refractivity contribution >= 4 is 5.69 Å². The Morgan fingerprint density at radius 1 is 1.32 bits per heavy atom. The van der Waals surface area contributed by atoms with Crippen LogP contribution in [0.25, 0.3) is 0 Å². The molecule has 6 heteroatoms. The summed E-state index contributed by atoms with van der Waals surface area (Å²) in [6, 6.07) is 6.67. The average molecular weight is 260 g/mol. The molecule has 0 bridgehead atoms. The summed E-state index contributed by atoms with van der Waals surface area (Å²) in [5.41, 5.74) is 2.36. The van der Waals surface area contributed by atoms with Crippen molar-refractivity contribution < 1.29 is 4.92 Å². The van der Waals surface area contributed by atoms with Crippen molar-refractivity contribution in [2.75, 3.05) is 6.54 Å². The van der Waals surface area contributed by atoms with Gasteiger partial charge >= 0.3 is 0 Å². The van der Waals surface area contributed by atoms with Gasteiger partial charge in [0.15, 0.2) is 0 Å². The molecule has 0 atom stereocenters. The van der Waals surface area contributed by atoms with Crippen molar-refractivity contribution in [1.29, 1.82) is 0 Å². The van der Waals surface area contributed by atoms with Crippen LogP contribution >= 0.6 is 0 Å². The Hall–Kier alpha value is -2.21. The van der Waals surface area contributed by atoms with Crippen LogP contribution in [0.5, 0.6) is 0 Å². The molecule has 6 nitrogen and oxygen atoms in total. The van der Waals surface area contributed by atoms with Crippen LogP contribution in [0.1, 0.15) is 11.1 Å². The van der Waals surface area contributed by atoms with E-state index in [2.05, 4.69) is 10.4 Å². The van der Waals surface area contributed by atoms with Crippen LogP contribution in [0.2, 0.25) is 0 Å². The molecule has 1 aromatic carbocycles. The van der Waals surface area contributed by atoms with E-state index in [9.17, 15) is 10.1 Å². The number of nitrogens with zero attached hydrogens (tertiary/aromatic N) is 3. The quantitative estimate of drug-likeness (QED) is 0.487. The van der Waals surface area contributed by atoms with E-state index in [4.69, 9.17) is 0 Å². The molecule has 0 saturated carbocycles. The van der Waals surface area contributed by atoms with Gasteiger partial charge in [-0.3, -0.25) is 14.8 Å². The summed E-state index contributed by atoms with van der Waals surface area (Å²) in [4.78, 5) is 10.1. The second-order valence-corrected chi connectivity index (χ2v) is 4.37. The fourth-order valence-electron chi connectivity index (χ4n) is 1.81. The van der Waals surface area contributed by atoms with Crippen LogP contribution in [-0.4, -0.2) is 21.2 Å². The van der Waals surface area contributed by atoms with Crippen LogP contribution in [0, 0.1) is 10.1 Å². The highest BCUT2D eigenvalue weighted by molar-refractivity contribution is 5.32. The second-order valence-electron chi connectivity index (χ2n) is 4.37. The third-order valence-electron chi connectivity index (χ3n) is 2.83. The molecule has 0 aliphatic carbocycles. The number of aryl methyl sites for hydroxylation is 1. The molecule has 1 N–H and O–H groups in total. The maximum Gasteiger partial charge on any atom is 0.269 e. The van der Waals surface area contributed by atoms with E-state index in [-0.39, 0.29) is 10.6 Å². The molecule has 1 aromatic heterocycles. The Morgan fingerprint density at radius 2 is 2.05 bits per heavy atom. The Kier molecular flexibility index (Phi) is 4.25. The lowest BCUT2D eigenvalue weighted by atomic mass is 10.1. The predicted molar refractivity (Wildman–Crippen MR) is 71.7 cm³/mol. The first kappa shape index (κ1) is 13.2. The Morgan fingerprint density at radius 3 is 2.63 bits per heavy atom. The molecule has 0 fully saturated rings. The highest BCUT2D eigenvalue weighted by Gasteiger charge is 2.03. The molecular weight excluding hydrogens is 244 g/mol. The molecular formula is C13H16N4O2. The van der Waals surface area contributed by atoms with E-state index < -0.39 is 0 Å². The largest absolute Gasteiger partial charge is 0.312 e. The number of nitro groups is 1. The van der Waals surface area contributed by atoms with Crippen molar-refractivity contribution in [2.45, 2.75) is 13.0 Å². The average Bonchev–Trinajstić information content (AvgIpc) is 2.81. The van der Waals surface area contributed by atoms with Crippen LogP contribution in [0.4, 0.5) is 5.69 Å². The second kappa shape index (κ2) is 6.10. The van der Waals surface area contributed by atoms with Crippen molar-refractivity contribution in [3.8, 4) is 0 Å². The summed E-state index contributed by atoms with van der Waals surface area (Å²) in [6.45, 7) is 1.60. The summed E-state index contributed by atoms with van der Waals surface area (Å²) >= 11 is 0. The van der Waals surface area contributed by atoms with Crippen molar-refractivity contribution in [2.24, 2.45) is 7.05 Å². The SMILES string of the molecule is Cn1cc(CNCCc2ccc([N+](=O)[O-])cc2)cn1. The molecule has 0 unspecified atom stereocenters. The van der Waals surface area contributed by atoms with E-state index in [0.29, 0.717) is 0 Å². The van der Waals surface area contributed by atoms with E-state index in [1.54, 1.807) is 16.8 Å². The molecule has 2 rings (SSSR count). The van der Waals surface area contributed by atoms with Crippen LogP contribution in [0.15, 0.2) is 36.7 Å². The minimum absolute atomic E-state index is 0.132. The van der Waals surface area contributed by atoms with Gasteiger partial charge in [0.2, 0.25) is 0 Å². The molecule has 0 saturated heterocycles. The molecule has 0 radical (unpaired) electrons. The number of hydrogen-bond acceptors (Lipinski definition) is 4. The van der Waals surface area contributed by atoms with E-state index in [1.165, 1.54) is 12.1 Å². The summed E-state index contributed by atoms with van der Waals surface area (Å²) < 4.78 is 1.77. The minimum atomic E-state index is -0.384. The van der Waals surface area contributed by atoms with Crippen molar-refractivity contribution in [3.05, 3.63) is 57.9 Å².